The lowest BCUT2D eigenvalue weighted by Crippen LogP contribution is -2.10. The van der Waals surface area contributed by atoms with Crippen LogP contribution in [0.1, 0.15) is 9.67 Å². The molecule has 0 aliphatic heterocycles. The second kappa shape index (κ2) is 8.65. The van der Waals surface area contributed by atoms with Crippen LogP contribution in [0.2, 0.25) is 5.02 Å². The standard InChI is InChI=1S/C24H17ClFN5OS/c1-27-16-4-2-13(3-5-16)14-8-20-23(28-11-14)31-22(30-20)18-10-17(6-7-19(18)25)29-24(32)21-9-15(26)12-33-21/h2-12,27H,1H3,(H,29,32)(H,28,30,31). The number of carbonyl (C=O) groups excluding carboxylic acids is 1. The molecule has 0 bridgehead atoms. The minimum Gasteiger partial charge on any atom is -0.388 e. The van der Waals surface area contributed by atoms with Gasteiger partial charge in [-0.1, -0.05) is 23.7 Å². The molecular weight excluding hydrogens is 461 g/mol. The zero-order valence-corrected chi connectivity index (χ0v) is 18.9. The number of amides is 1. The Hall–Kier alpha value is -3.75. The molecule has 0 fully saturated rings. The van der Waals surface area contributed by atoms with E-state index in [4.69, 9.17) is 11.6 Å². The van der Waals surface area contributed by atoms with Gasteiger partial charge in [0, 0.05) is 41.1 Å². The van der Waals surface area contributed by atoms with Crippen LogP contribution in [0.5, 0.6) is 0 Å². The van der Waals surface area contributed by atoms with Gasteiger partial charge in [-0.3, -0.25) is 4.79 Å². The summed E-state index contributed by atoms with van der Waals surface area (Å²) in [6.45, 7) is 0. The molecule has 0 radical (unpaired) electrons. The summed E-state index contributed by atoms with van der Waals surface area (Å²) in [6.07, 6.45) is 1.78. The van der Waals surface area contributed by atoms with E-state index in [9.17, 15) is 9.18 Å². The zero-order valence-electron chi connectivity index (χ0n) is 17.3. The summed E-state index contributed by atoms with van der Waals surface area (Å²) in [6, 6.07) is 16.3. The molecule has 5 aromatic rings. The summed E-state index contributed by atoms with van der Waals surface area (Å²) >= 11 is 7.47. The van der Waals surface area contributed by atoms with Gasteiger partial charge in [0.15, 0.2) is 5.65 Å². The normalized spacial score (nSPS) is 11.0. The molecule has 1 amide bonds. The Morgan fingerprint density at radius 2 is 1.85 bits per heavy atom. The number of thiophene rings is 1. The van der Waals surface area contributed by atoms with Gasteiger partial charge in [0.1, 0.15) is 11.6 Å². The number of fused-ring (bicyclic) bond motifs is 1. The van der Waals surface area contributed by atoms with Gasteiger partial charge >= 0.3 is 0 Å². The predicted molar refractivity (Wildman–Crippen MR) is 132 cm³/mol. The predicted octanol–water partition coefficient (Wildman–Crippen LogP) is 6.44. The van der Waals surface area contributed by atoms with Crippen molar-refractivity contribution >= 4 is 51.4 Å². The molecule has 9 heteroatoms. The van der Waals surface area contributed by atoms with Gasteiger partial charge in [-0.2, -0.15) is 0 Å². The Labute approximate surface area is 197 Å². The molecule has 33 heavy (non-hydrogen) atoms. The van der Waals surface area contributed by atoms with Crippen molar-refractivity contribution in [3.8, 4) is 22.5 Å². The third-order valence-electron chi connectivity index (χ3n) is 5.11. The van der Waals surface area contributed by atoms with E-state index in [1.807, 2.05) is 37.4 Å². The maximum absolute atomic E-state index is 13.2. The minimum atomic E-state index is -0.436. The first-order valence-electron chi connectivity index (χ1n) is 9.99. The summed E-state index contributed by atoms with van der Waals surface area (Å²) in [5.41, 5.74) is 5.47. The van der Waals surface area contributed by atoms with Gasteiger partial charge in [-0.25, -0.2) is 14.4 Å². The molecule has 0 aliphatic carbocycles. The number of carbonyl (C=O) groups is 1. The lowest BCUT2D eigenvalue weighted by molar-refractivity contribution is 0.103. The third kappa shape index (κ3) is 4.30. The van der Waals surface area contributed by atoms with E-state index >= 15 is 0 Å². The van der Waals surface area contributed by atoms with Crippen LogP contribution in [0.25, 0.3) is 33.7 Å². The molecule has 0 atom stereocenters. The number of pyridine rings is 1. The number of aromatic nitrogens is 3. The number of imidazole rings is 1. The maximum Gasteiger partial charge on any atom is 0.265 e. The quantitative estimate of drug-likeness (QED) is 0.272. The highest BCUT2D eigenvalue weighted by molar-refractivity contribution is 7.12. The molecule has 0 aliphatic rings. The number of hydrogen-bond donors (Lipinski definition) is 3. The van der Waals surface area contributed by atoms with Crippen LogP contribution in [-0.2, 0) is 0 Å². The SMILES string of the molecule is CNc1ccc(-c2cnc3nc(-c4cc(NC(=O)c5cc(F)cs5)ccc4Cl)[nH]c3c2)cc1. The monoisotopic (exact) mass is 477 g/mol. The number of nitrogens with one attached hydrogen (secondary N) is 3. The smallest absolute Gasteiger partial charge is 0.265 e. The molecule has 2 aromatic carbocycles. The second-order valence-corrected chi connectivity index (χ2v) is 8.60. The number of H-pyrrole nitrogens is 1. The van der Waals surface area contributed by atoms with Gasteiger partial charge < -0.3 is 15.6 Å². The highest BCUT2D eigenvalue weighted by Crippen LogP contribution is 2.31. The highest BCUT2D eigenvalue weighted by atomic mass is 35.5. The summed E-state index contributed by atoms with van der Waals surface area (Å²) in [4.78, 5) is 25.0. The molecule has 0 unspecified atom stereocenters. The van der Waals surface area contributed by atoms with Crippen LogP contribution in [0, 0.1) is 5.82 Å². The first-order valence-corrected chi connectivity index (χ1v) is 11.3. The number of anilines is 2. The Morgan fingerprint density at radius 1 is 1.06 bits per heavy atom. The van der Waals surface area contributed by atoms with Crippen molar-refractivity contribution in [1.29, 1.82) is 0 Å². The summed E-state index contributed by atoms with van der Waals surface area (Å²) in [7, 11) is 1.88. The van der Waals surface area contributed by atoms with Crippen molar-refractivity contribution in [2.75, 3.05) is 17.7 Å². The third-order valence-corrected chi connectivity index (χ3v) is 6.34. The molecular formula is C24H17ClFN5OS. The Balaban J connectivity index is 1.45. The van der Waals surface area contributed by atoms with Gasteiger partial charge in [0.05, 0.1) is 15.4 Å². The van der Waals surface area contributed by atoms with Crippen LogP contribution < -0.4 is 10.6 Å². The topological polar surface area (TPSA) is 82.7 Å². The number of aromatic amines is 1. The fraction of sp³-hybridized carbons (Fsp3) is 0.0417. The van der Waals surface area contributed by atoms with Crippen LogP contribution in [-0.4, -0.2) is 27.9 Å². The van der Waals surface area contributed by atoms with E-state index in [1.54, 1.807) is 24.4 Å². The molecule has 164 valence electrons. The van der Waals surface area contributed by atoms with Gasteiger partial charge in [0.25, 0.3) is 5.91 Å². The summed E-state index contributed by atoms with van der Waals surface area (Å²) < 4.78 is 13.2. The van der Waals surface area contributed by atoms with Crippen molar-refractivity contribution in [3.63, 3.8) is 0 Å². The van der Waals surface area contributed by atoms with Crippen molar-refractivity contribution < 1.29 is 9.18 Å². The van der Waals surface area contributed by atoms with E-state index in [0.29, 0.717) is 27.7 Å². The molecule has 6 nitrogen and oxygen atoms in total. The average molecular weight is 478 g/mol. The first kappa shape index (κ1) is 21.1. The fourth-order valence-corrected chi connectivity index (χ4v) is 4.28. The number of benzene rings is 2. The molecule has 0 spiro atoms. The van der Waals surface area contributed by atoms with E-state index in [0.717, 1.165) is 33.7 Å². The number of halogens is 2. The maximum atomic E-state index is 13.2. The summed E-state index contributed by atoms with van der Waals surface area (Å²) in [5, 5.41) is 7.62. The van der Waals surface area contributed by atoms with Crippen molar-refractivity contribution in [1.82, 2.24) is 15.0 Å². The number of rotatable bonds is 5. The average Bonchev–Trinajstić information content (AvgIpc) is 3.46. The van der Waals surface area contributed by atoms with Gasteiger partial charge in [0.2, 0.25) is 0 Å². The van der Waals surface area contributed by atoms with Crippen LogP contribution in [0.15, 0.2) is 66.2 Å². The van der Waals surface area contributed by atoms with Crippen LogP contribution >= 0.6 is 22.9 Å². The van der Waals surface area contributed by atoms with E-state index in [1.165, 1.54) is 11.4 Å². The van der Waals surface area contributed by atoms with Crippen molar-refractivity contribution in [2.45, 2.75) is 0 Å². The Morgan fingerprint density at radius 3 is 2.58 bits per heavy atom. The van der Waals surface area contributed by atoms with Gasteiger partial charge in [-0.15, -0.1) is 11.3 Å². The minimum absolute atomic E-state index is 0.284. The van der Waals surface area contributed by atoms with Crippen LogP contribution in [0.3, 0.4) is 0 Å². The molecule has 5 rings (SSSR count). The van der Waals surface area contributed by atoms with Crippen LogP contribution in [0.4, 0.5) is 15.8 Å². The highest BCUT2D eigenvalue weighted by Gasteiger charge is 2.14. The Bertz CT molecular complexity index is 1480. The molecule has 0 saturated carbocycles. The Kier molecular flexibility index (Phi) is 5.53. The largest absolute Gasteiger partial charge is 0.388 e. The molecule has 3 N–H and O–H groups in total. The number of nitrogens with zero attached hydrogens (tertiary/aromatic N) is 2. The second-order valence-electron chi connectivity index (χ2n) is 7.29. The molecule has 3 aromatic heterocycles. The first-order chi connectivity index (χ1) is 16.0. The van der Waals surface area contributed by atoms with Crippen molar-refractivity contribution in [2.24, 2.45) is 0 Å². The summed E-state index contributed by atoms with van der Waals surface area (Å²) in [5.74, 6) is -0.296. The molecule has 3 heterocycles. The van der Waals surface area contributed by atoms with E-state index in [2.05, 4.69) is 25.6 Å². The lowest BCUT2D eigenvalue weighted by Gasteiger charge is -2.07. The molecule has 0 saturated heterocycles. The van der Waals surface area contributed by atoms with E-state index in [-0.39, 0.29) is 4.88 Å². The van der Waals surface area contributed by atoms with Crippen molar-refractivity contribution in [3.05, 3.63) is 81.9 Å². The number of hydrogen-bond acceptors (Lipinski definition) is 5. The fourth-order valence-electron chi connectivity index (χ4n) is 3.42. The van der Waals surface area contributed by atoms with E-state index < -0.39 is 11.7 Å². The lowest BCUT2D eigenvalue weighted by atomic mass is 10.1. The zero-order chi connectivity index (χ0) is 22.9. The van der Waals surface area contributed by atoms with Gasteiger partial charge in [-0.05, 0) is 48.0 Å².